The molecule has 4 rings (SSSR count). The first-order chi connectivity index (χ1) is 14.7. The number of sulfone groups is 1. The Hall–Kier alpha value is -3.34. The van der Waals surface area contributed by atoms with Crippen LogP contribution >= 0.6 is 0 Å². The van der Waals surface area contributed by atoms with Gasteiger partial charge >= 0.3 is 5.69 Å². The second-order valence-electron chi connectivity index (χ2n) is 7.40. The molecule has 2 aromatic carbocycles. The lowest BCUT2D eigenvalue weighted by Gasteiger charge is -2.32. The van der Waals surface area contributed by atoms with Gasteiger partial charge in [-0.05, 0) is 37.1 Å². The van der Waals surface area contributed by atoms with E-state index in [4.69, 9.17) is 4.52 Å². The van der Waals surface area contributed by atoms with E-state index < -0.39 is 26.3 Å². The number of rotatable bonds is 5. The van der Waals surface area contributed by atoms with Crippen LogP contribution in [-0.2, 0) is 9.84 Å². The van der Waals surface area contributed by atoms with E-state index in [2.05, 4.69) is 10.1 Å². The topological polar surface area (TPSA) is 119 Å². The molecule has 0 amide bonds. The average molecular weight is 446 g/mol. The summed E-state index contributed by atoms with van der Waals surface area (Å²) in [5.41, 5.74) is 0.290. The highest BCUT2D eigenvalue weighted by Crippen LogP contribution is 2.38. The van der Waals surface area contributed by atoms with Crippen LogP contribution in [0.3, 0.4) is 0 Å². The molecule has 0 saturated carbocycles. The molecule has 11 heteroatoms. The van der Waals surface area contributed by atoms with Crippen molar-refractivity contribution >= 4 is 21.2 Å². The Balaban J connectivity index is 1.64. The van der Waals surface area contributed by atoms with Gasteiger partial charge < -0.3 is 9.42 Å². The minimum Gasteiger partial charge on any atom is -0.365 e. The molecule has 0 N–H and O–H groups in total. The lowest BCUT2D eigenvalue weighted by molar-refractivity contribution is -0.387. The first kappa shape index (κ1) is 20.9. The number of hydrogen-bond donors (Lipinski definition) is 0. The number of benzene rings is 2. The molecule has 1 aliphatic rings. The second kappa shape index (κ2) is 8.06. The first-order valence-electron chi connectivity index (χ1n) is 9.56. The fraction of sp³-hybridized carbons (Fsp3) is 0.300. The van der Waals surface area contributed by atoms with Crippen LogP contribution in [0.2, 0.25) is 0 Å². The maximum Gasteiger partial charge on any atom is 0.311 e. The number of aromatic nitrogens is 2. The van der Waals surface area contributed by atoms with E-state index >= 15 is 0 Å². The van der Waals surface area contributed by atoms with Crippen LogP contribution < -0.4 is 4.90 Å². The molecule has 1 saturated heterocycles. The number of halogens is 1. The molecule has 1 fully saturated rings. The van der Waals surface area contributed by atoms with Crippen molar-refractivity contribution in [1.82, 2.24) is 10.1 Å². The third kappa shape index (κ3) is 4.26. The molecule has 1 aliphatic heterocycles. The second-order valence-corrected chi connectivity index (χ2v) is 9.39. The molecule has 2 heterocycles. The van der Waals surface area contributed by atoms with E-state index in [9.17, 15) is 22.9 Å². The fourth-order valence-electron chi connectivity index (χ4n) is 3.79. The summed E-state index contributed by atoms with van der Waals surface area (Å²) >= 11 is 0. The molecule has 9 nitrogen and oxygen atoms in total. The smallest absolute Gasteiger partial charge is 0.311 e. The Bertz CT molecular complexity index is 1240. The largest absolute Gasteiger partial charge is 0.365 e. The minimum absolute atomic E-state index is 0.204. The van der Waals surface area contributed by atoms with Crippen molar-refractivity contribution in [2.24, 2.45) is 0 Å². The number of anilines is 1. The van der Waals surface area contributed by atoms with E-state index in [0.717, 1.165) is 12.7 Å². The molecular weight excluding hydrogens is 427 g/mol. The average Bonchev–Trinajstić information content (AvgIpc) is 3.23. The van der Waals surface area contributed by atoms with Crippen LogP contribution in [0.25, 0.3) is 11.4 Å². The lowest BCUT2D eigenvalue weighted by Crippen LogP contribution is -2.35. The van der Waals surface area contributed by atoms with Gasteiger partial charge in [-0.2, -0.15) is 4.98 Å². The molecule has 1 atom stereocenters. The van der Waals surface area contributed by atoms with Gasteiger partial charge in [0, 0.05) is 24.9 Å². The van der Waals surface area contributed by atoms with E-state index in [1.54, 1.807) is 23.1 Å². The molecular formula is C20H19FN4O5S. The molecule has 0 bridgehead atoms. The summed E-state index contributed by atoms with van der Waals surface area (Å²) in [4.78, 5) is 16.9. The van der Waals surface area contributed by atoms with Crippen LogP contribution in [0.5, 0.6) is 0 Å². The number of nitro groups is 1. The van der Waals surface area contributed by atoms with Gasteiger partial charge in [0.25, 0.3) is 0 Å². The van der Waals surface area contributed by atoms with Crippen molar-refractivity contribution < 1.29 is 22.3 Å². The summed E-state index contributed by atoms with van der Waals surface area (Å²) in [7, 11) is -3.78. The van der Waals surface area contributed by atoms with Crippen molar-refractivity contribution in [3.8, 4) is 11.4 Å². The standard InChI is InChI=1S/C20H19FN4O5S/c1-31(28,29)17-9-3-8-16(18(17)25(26)27)24-10-4-6-14(12-24)20-22-19(23-30-20)13-5-2-7-15(21)11-13/h2-3,5,7-9,11,14H,4,6,10,12H2,1H3. The van der Waals surface area contributed by atoms with E-state index in [-0.39, 0.29) is 22.3 Å². The highest BCUT2D eigenvalue weighted by Gasteiger charge is 2.33. The number of piperidine rings is 1. The molecule has 1 unspecified atom stereocenters. The number of nitrogens with zero attached hydrogens (tertiary/aromatic N) is 4. The van der Waals surface area contributed by atoms with Crippen LogP contribution in [0, 0.1) is 15.9 Å². The summed E-state index contributed by atoms with van der Waals surface area (Å²) in [5, 5.41) is 15.6. The van der Waals surface area contributed by atoms with Gasteiger partial charge in [0.05, 0.1) is 10.8 Å². The van der Waals surface area contributed by atoms with E-state index in [0.29, 0.717) is 31.0 Å². The summed E-state index contributed by atoms with van der Waals surface area (Å²) in [6, 6.07) is 10.1. The normalized spacial score (nSPS) is 17.0. The van der Waals surface area contributed by atoms with Gasteiger partial charge in [-0.15, -0.1) is 0 Å². The maximum absolute atomic E-state index is 13.5. The van der Waals surface area contributed by atoms with Crippen LogP contribution in [-0.4, -0.2) is 42.8 Å². The number of para-hydroxylation sites is 1. The van der Waals surface area contributed by atoms with Gasteiger partial charge in [-0.25, -0.2) is 12.8 Å². The van der Waals surface area contributed by atoms with Crippen LogP contribution in [0.1, 0.15) is 24.7 Å². The Morgan fingerprint density at radius 2 is 2.03 bits per heavy atom. The van der Waals surface area contributed by atoms with Gasteiger partial charge in [-0.1, -0.05) is 23.4 Å². The lowest BCUT2D eigenvalue weighted by atomic mass is 9.97. The van der Waals surface area contributed by atoms with Crippen LogP contribution in [0.4, 0.5) is 15.8 Å². The van der Waals surface area contributed by atoms with Gasteiger partial charge in [0.15, 0.2) is 9.84 Å². The summed E-state index contributed by atoms with van der Waals surface area (Å²) < 4.78 is 43.0. The van der Waals surface area contributed by atoms with Gasteiger partial charge in [0.2, 0.25) is 11.7 Å². The number of nitro benzene ring substituents is 1. The number of hydrogen-bond acceptors (Lipinski definition) is 8. The summed E-state index contributed by atoms with van der Waals surface area (Å²) in [6.45, 7) is 0.869. The zero-order chi connectivity index (χ0) is 22.2. The highest BCUT2D eigenvalue weighted by molar-refractivity contribution is 7.90. The third-order valence-corrected chi connectivity index (χ3v) is 6.32. The molecule has 0 aliphatic carbocycles. The minimum atomic E-state index is -3.78. The predicted octanol–water partition coefficient (Wildman–Crippen LogP) is 3.57. The maximum atomic E-state index is 13.5. The van der Waals surface area contributed by atoms with E-state index in [1.165, 1.54) is 24.3 Å². The van der Waals surface area contributed by atoms with Crippen molar-refractivity contribution in [1.29, 1.82) is 0 Å². The molecule has 3 aromatic rings. The molecule has 0 radical (unpaired) electrons. The Morgan fingerprint density at radius 1 is 1.26 bits per heavy atom. The molecule has 162 valence electrons. The molecule has 0 spiro atoms. The first-order valence-corrected chi connectivity index (χ1v) is 11.4. The predicted molar refractivity (Wildman–Crippen MR) is 110 cm³/mol. The third-order valence-electron chi connectivity index (χ3n) is 5.20. The quantitative estimate of drug-likeness (QED) is 0.431. The summed E-state index contributed by atoms with van der Waals surface area (Å²) in [5.74, 6) is -0.00151. The Kier molecular flexibility index (Phi) is 5.44. The van der Waals surface area contributed by atoms with Crippen LogP contribution in [0.15, 0.2) is 51.9 Å². The highest BCUT2D eigenvalue weighted by atomic mass is 32.2. The zero-order valence-corrected chi connectivity index (χ0v) is 17.4. The van der Waals surface area contributed by atoms with Gasteiger partial charge in [-0.3, -0.25) is 10.1 Å². The molecule has 31 heavy (non-hydrogen) atoms. The monoisotopic (exact) mass is 446 g/mol. The van der Waals surface area contributed by atoms with Crippen molar-refractivity contribution in [2.45, 2.75) is 23.7 Å². The Morgan fingerprint density at radius 3 is 2.74 bits per heavy atom. The summed E-state index contributed by atoms with van der Waals surface area (Å²) in [6.07, 6.45) is 2.37. The van der Waals surface area contributed by atoms with Crippen molar-refractivity contribution in [3.63, 3.8) is 0 Å². The van der Waals surface area contributed by atoms with Crippen molar-refractivity contribution in [3.05, 3.63) is 64.3 Å². The fourth-order valence-corrected chi connectivity index (χ4v) is 4.65. The molecule has 1 aromatic heterocycles. The SMILES string of the molecule is CS(=O)(=O)c1cccc(N2CCCC(c3nc(-c4cccc(F)c4)no3)C2)c1[N+](=O)[O-]. The van der Waals surface area contributed by atoms with Gasteiger partial charge in [0.1, 0.15) is 16.4 Å². The Labute approximate surface area is 177 Å². The zero-order valence-electron chi connectivity index (χ0n) is 16.6. The van der Waals surface area contributed by atoms with Crippen molar-refractivity contribution in [2.75, 3.05) is 24.2 Å². The van der Waals surface area contributed by atoms with E-state index in [1.807, 2.05) is 0 Å².